The van der Waals surface area contributed by atoms with Crippen molar-refractivity contribution in [1.29, 1.82) is 0 Å². The van der Waals surface area contributed by atoms with Crippen molar-refractivity contribution in [2.45, 2.75) is 39.0 Å². The molecule has 1 aliphatic heterocycles. The number of benzene rings is 1. The maximum Gasteiger partial charge on any atom is 0.220 e. The molecule has 4 nitrogen and oxygen atoms in total. The average Bonchev–Trinajstić information content (AvgIpc) is 2.56. The highest BCUT2D eigenvalue weighted by molar-refractivity contribution is 5.76. The molecular weight excluding hydrogens is 288 g/mol. The number of ether oxygens (including phenoxy) is 1. The fraction of sp³-hybridized carbons (Fsp3) is 0.632. The predicted molar refractivity (Wildman–Crippen MR) is 93.7 cm³/mol. The second-order valence-electron chi connectivity index (χ2n) is 6.68. The monoisotopic (exact) mass is 318 g/mol. The molecule has 0 saturated carbocycles. The molecule has 2 unspecified atom stereocenters. The van der Waals surface area contributed by atoms with E-state index in [1.54, 1.807) is 7.11 Å². The fourth-order valence-corrected chi connectivity index (χ4v) is 3.29. The Kier molecular flexibility index (Phi) is 7.40. The van der Waals surface area contributed by atoms with E-state index in [-0.39, 0.29) is 5.91 Å². The van der Waals surface area contributed by atoms with Gasteiger partial charge in [-0.25, -0.2) is 0 Å². The first-order valence-electron chi connectivity index (χ1n) is 8.78. The molecule has 0 radical (unpaired) electrons. The van der Waals surface area contributed by atoms with Crippen molar-refractivity contribution in [2.24, 2.45) is 11.8 Å². The number of piperidine rings is 1. The molecule has 1 aromatic rings. The van der Waals surface area contributed by atoms with Gasteiger partial charge in [-0.05, 0) is 62.2 Å². The lowest BCUT2D eigenvalue weighted by Gasteiger charge is -2.22. The van der Waals surface area contributed by atoms with Gasteiger partial charge < -0.3 is 15.4 Å². The Morgan fingerprint density at radius 2 is 2.26 bits per heavy atom. The van der Waals surface area contributed by atoms with E-state index in [9.17, 15) is 4.79 Å². The van der Waals surface area contributed by atoms with Crippen molar-refractivity contribution >= 4 is 5.91 Å². The van der Waals surface area contributed by atoms with Gasteiger partial charge in [0.25, 0.3) is 0 Å². The van der Waals surface area contributed by atoms with E-state index in [0.717, 1.165) is 44.1 Å². The van der Waals surface area contributed by atoms with Crippen LogP contribution in [0.1, 0.15) is 38.2 Å². The Bertz CT molecular complexity index is 484. The number of hydrogen-bond acceptors (Lipinski definition) is 3. The normalized spacial score (nSPS) is 19.1. The summed E-state index contributed by atoms with van der Waals surface area (Å²) in [6.07, 6.45) is 5.06. The first-order valence-corrected chi connectivity index (χ1v) is 8.78. The summed E-state index contributed by atoms with van der Waals surface area (Å²) in [6, 6.07) is 8.03. The summed E-state index contributed by atoms with van der Waals surface area (Å²) in [5.74, 6) is 2.10. The van der Waals surface area contributed by atoms with Crippen molar-refractivity contribution in [2.75, 3.05) is 26.7 Å². The topological polar surface area (TPSA) is 50.4 Å². The van der Waals surface area contributed by atoms with Crippen LogP contribution in [0.15, 0.2) is 24.3 Å². The van der Waals surface area contributed by atoms with Gasteiger partial charge in [0.1, 0.15) is 5.75 Å². The van der Waals surface area contributed by atoms with Crippen LogP contribution in [0.25, 0.3) is 0 Å². The summed E-state index contributed by atoms with van der Waals surface area (Å²) in [5.41, 5.74) is 1.17. The minimum absolute atomic E-state index is 0.163. The number of rotatable bonds is 8. The predicted octanol–water partition coefficient (Wildman–Crippen LogP) is 2.77. The van der Waals surface area contributed by atoms with Crippen LogP contribution in [0.2, 0.25) is 0 Å². The van der Waals surface area contributed by atoms with E-state index < -0.39 is 0 Å². The molecule has 1 saturated heterocycles. The Labute approximate surface area is 140 Å². The highest BCUT2D eigenvalue weighted by atomic mass is 16.5. The van der Waals surface area contributed by atoms with Gasteiger partial charge in [0.05, 0.1) is 7.11 Å². The Morgan fingerprint density at radius 3 is 3.00 bits per heavy atom. The summed E-state index contributed by atoms with van der Waals surface area (Å²) in [5, 5.41) is 6.50. The van der Waals surface area contributed by atoms with Gasteiger partial charge in [-0.2, -0.15) is 0 Å². The molecule has 4 heteroatoms. The molecule has 2 N–H and O–H groups in total. The standard InChI is InChI=1S/C19H30N2O2/c1-15(12-17-7-3-4-8-18(17)23-2)13-19(22)21-11-9-16-6-5-10-20-14-16/h3-4,7-8,15-16,20H,5-6,9-14H2,1-2H3,(H,21,22). The van der Waals surface area contributed by atoms with Crippen LogP contribution in [-0.2, 0) is 11.2 Å². The molecule has 23 heavy (non-hydrogen) atoms. The van der Waals surface area contributed by atoms with Crippen molar-refractivity contribution in [1.82, 2.24) is 10.6 Å². The summed E-state index contributed by atoms with van der Waals surface area (Å²) >= 11 is 0. The lowest BCUT2D eigenvalue weighted by atomic mass is 9.95. The van der Waals surface area contributed by atoms with Crippen LogP contribution in [0.3, 0.4) is 0 Å². The van der Waals surface area contributed by atoms with E-state index in [0.29, 0.717) is 12.3 Å². The molecule has 2 atom stereocenters. The van der Waals surface area contributed by atoms with Crippen LogP contribution < -0.4 is 15.4 Å². The largest absolute Gasteiger partial charge is 0.496 e. The molecule has 0 bridgehead atoms. The molecular formula is C19H30N2O2. The molecule has 0 aliphatic carbocycles. The molecule has 0 aromatic heterocycles. The number of hydrogen-bond donors (Lipinski definition) is 2. The lowest BCUT2D eigenvalue weighted by Crippen LogP contribution is -2.33. The number of nitrogens with one attached hydrogen (secondary N) is 2. The number of methoxy groups -OCH3 is 1. The third-order valence-electron chi connectivity index (χ3n) is 4.57. The van der Waals surface area contributed by atoms with Crippen LogP contribution in [0.5, 0.6) is 5.75 Å². The highest BCUT2D eigenvalue weighted by Crippen LogP contribution is 2.22. The van der Waals surface area contributed by atoms with Crippen LogP contribution in [0.4, 0.5) is 0 Å². The minimum Gasteiger partial charge on any atom is -0.496 e. The van der Waals surface area contributed by atoms with Gasteiger partial charge >= 0.3 is 0 Å². The molecule has 1 aromatic carbocycles. The summed E-state index contributed by atoms with van der Waals surface area (Å²) in [6.45, 7) is 5.16. The van der Waals surface area contributed by atoms with Crippen molar-refractivity contribution in [3.8, 4) is 5.75 Å². The van der Waals surface area contributed by atoms with E-state index in [2.05, 4.69) is 23.6 Å². The maximum absolute atomic E-state index is 12.1. The van der Waals surface area contributed by atoms with E-state index >= 15 is 0 Å². The van der Waals surface area contributed by atoms with Crippen molar-refractivity contribution in [3.05, 3.63) is 29.8 Å². The minimum atomic E-state index is 0.163. The summed E-state index contributed by atoms with van der Waals surface area (Å²) in [4.78, 5) is 12.1. The van der Waals surface area contributed by atoms with Crippen LogP contribution >= 0.6 is 0 Å². The zero-order valence-electron chi connectivity index (χ0n) is 14.4. The van der Waals surface area contributed by atoms with E-state index in [4.69, 9.17) is 4.74 Å². The van der Waals surface area contributed by atoms with Gasteiger partial charge in [-0.15, -0.1) is 0 Å². The van der Waals surface area contributed by atoms with Crippen LogP contribution in [-0.4, -0.2) is 32.7 Å². The van der Waals surface area contributed by atoms with Crippen molar-refractivity contribution < 1.29 is 9.53 Å². The van der Waals surface area contributed by atoms with Gasteiger partial charge in [0, 0.05) is 13.0 Å². The Morgan fingerprint density at radius 1 is 1.43 bits per heavy atom. The number of para-hydroxylation sites is 1. The van der Waals surface area contributed by atoms with E-state index in [1.807, 2.05) is 18.2 Å². The number of carbonyl (C=O) groups excluding carboxylic acids is 1. The molecule has 1 fully saturated rings. The third kappa shape index (κ3) is 6.22. The first kappa shape index (κ1) is 17.8. The quantitative estimate of drug-likeness (QED) is 0.775. The molecule has 128 valence electrons. The SMILES string of the molecule is COc1ccccc1CC(C)CC(=O)NCCC1CCCNC1. The maximum atomic E-state index is 12.1. The summed E-state index contributed by atoms with van der Waals surface area (Å²) in [7, 11) is 1.69. The number of carbonyl (C=O) groups is 1. The van der Waals surface area contributed by atoms with Gasteiger partial charge in [0.2, 0.25) is 5.91 Å². The zero-order chi connectivity index (χ0) is 16.5. The van der Waals surface area contributed by atoms with Gasteiger partial charge in [-0.1, -0.05) is 25.1 Å². The lowest BCUT2D eigenvalue weighted by molar-refractivity contribution is -0.121. The second kappa shape index (κ2) is 9.56. The molecule has 1 amide bonds. The van der Waals surface area contributed by atoms with Gasteiger partial charge in [0.15, 0.2) is 0 Å². The van der Waals surface area contributed by atoms with Crippen LogP contribution in [0, 0.1) is 11.8 Å². The van der Waals surface area contributed by atoms with Gasteiger partial charge in [-0.3, -0.25) is 4.79 Å². The average molecular weight is 318 g/mol. The molecule has 1 heterocycles. The highest BCUT2D eigenvalue weighted by Gasteiger charge is 2.15. The Balaban J connectivity index is 1.67. The fourth-order valence-electron chi connectivity index (χ4n) is 3.29. The van der Waals surface area contributed by atoms with E-state index in [1.165, 1.54) is 18.4 Å². The zero-order valence-corrected chi connectivity index (χ0v) is 14.4. The molecule has 1 aliphatic rings. The second-order valence-corrected chi connectivity index (χ2v) is 6.68. The molecule has 2 rings (SSSR count). The first-order chi connectivity index (χ1) is 11.2. The van der Waals surface area contributed by atoms with Crippen molar-refractivity contribution in [3.63, 3.8) is 0 Å². The Hall–Kier alpha value is -1.55. The number of amides is 1. The smallest absolute Gasteiger partial charge is 0.220 e. The third-order valence-corrected chi connectivity index (χ3v) is 4.57. The molecule has 0 spiro atoms. The summed E-state index contributed by atoms with van der Waals surface area (Å²) < 4.78 is 5.38.